The Balaban J connectivity index is 1.70. The largest absolute Gasteiger partial charge is 0.454 e. The van der Waals surface area contributed by atoms with Crippen LogP contribution in [0.25, 0.3) is 0 Å². The molecule has 0 aliphatic carbocycles. The van der Waals surface area contributed by atoms with Crippen LogP contribution in [0.15, 0.2) is 47.6 Å². The summed E-state index contributed by atoms with van der Waals surface area (Å²) in [6, 6.07) is 12.2. The number of hydrogen-bond acceptors (Lipinski definition) is 6. The van der Waals surface area contributed by atoms with E-state index in [1.807, 2.05) is 18.2 Å². The highest BCUT2D eigenvalue weighted by Crippen LogP contribution is 2.39. The number of ether oxygens (including phenoxy) is 2. The molecule has 0 spiro atoms. The van der Waals surface area contributed by atoms with E-state index >= 15 is 0 Å². The number of anilines is 1. The van der Waals surface area contributed by atoms with Crippen LogP contribution in [0.2, 0.25) is 0 Å². The number of hydrogen-bond donors (Lipinski definition) is 1. The van der Waals surface area contributed by atoms with E-state index in [-0.39, 0.29) is 18.7 Å². The maximum absolute atomic E-state index is 12.2. The average Bonchev–Trinajstić information content (AvgIpc) is 3.27. The number of sulfonamides is 1. The van der Waals surface area contributed by atoms with Crippen LogP contribution >= 0.6 is 0 Å². The van der Waals surface area contributed by atoms with Crippen LogP contribution in [0.3, 0.4) is 0 Å². The minimum absolute atomic E-state index is 0.173. The van der Waals surface area contributed by atoms with Gasteiger partial charge in [0, 0.05) is 18.9 Å². The lowest BCUT2D eigenvalue weighted by molar-refractivity contribution is -0.130. The monoisotopic (exact) mass is 401 g/mol. The first-order chi connectivity index (χ1) is 13.3. The van der Waals surface area contributed by atoms with E-state index < -0.39 is 10.0 Å². The number of hydrazone groups is 1. The summed E-state index contributed by atoms with van der Waals surface area (Å²) in [5.41, 5.74) is 2.57. The molecule has 1 atom stereocenters. The van der Waals surface area contributed by atoms with Gasteiger partial charge in [-0.25, -0.2) is 13.4 Å². The van der Waals surface area contributed by atoms with Crippen molar-refractivity contribution in [2.45, 2.75) is 19.4 Å². The standard InChI is InChI=1S/C19H19N3O5S/c1-12(23)22-17(13-7-8-18-19(9-13)27-11-26-18)10-16(20-22)14-5-3-4-6-15(14)21-28(2,24)25/h3-9,17,21H,10-11H2,1-2H3/t17-/m0/s1. The van der Waals surface area contributed by atoms with Crippen LogP contribution in [0.4, 0.5) is 5.69 Å². The van der Waals surface area contributed by atoms with Crippen molar-refractivity contribution in [3.8, 4) is 11.5 Å². The molecule has 146 valence electrons. The van der Waals surface area contributed by atoms with E-state index in [0.29, 0.717) is 34.9 Å². The molecule has 2 aromatic carbocycles. The maximum Gasteiger partial charge on any atom is 0.240 e. The number of benzene rings is 2. The van der Waals surface area contributed by atoms with Gasteiger partial charge in [-0.05, 0) is 23.8 Å². The molecule has 2 aliphatic rings. The number of carbonyl (C=O) groups is 1. The summed E-state index contributed by atoms with van der Waals surface area (Å²) in [7, 11) is -3.45. The summed E-state index contributed by atoms with van der Waals surface area (Å²) in [6.07, 6.45) is 1.54. The predicted molar refractivity (Wildman–Crippen MR) is 104 cm³/mol. The van der Waals surface area contributed by atoms with Gasteiger partial charge in [-0.2, -0.15) is 5.10 Å². The molecule has 8 nitrogen and oxygen atoms in total. The lowest BCUT2D eigenvalue weighted by Crippen LogP contribution is -2.24. The summed E-state index contributed by atoms with van der Waals surface area (Å²) in [5.74, 6) is 1.10. The second kappa shape index (κ2) is 6.83. The van der Waals surface area contributed by atoms with Crippen LogP contribution in [-0.4, -0.2) is 38.1 Å². The Kier molecular flexibility index (Phi) is 4.46. The molecule has 0 fully saturated rings. The third-order valence-corrected chi connectivity index (χ3v) is 5.14. The molecule has 0 saturated heterocycles. The molecular weight excluding hydrogens is 382 g/mol. The van der Waals surface area contributed by atoms with Crippen molar-refractivity contribution in [1.29, 1.82) is 0 Å². The van der Waals surface area contributed by atoms with Crippen molar-refractivity contribution in [2.75, 3.05) is 17.8 Å². The van der Waals surface area contributed by atoms with Gasteiger partial charge in [0.15, 0.2) is 11.5 Å². The molecule has 0 unspecified atom stereocenters. The summed E-state index contributed by atoms with van der Waals surface area (Å²) >= 11 is 0. The van der Waals surface area contributed by atoms with Crippen LogP contribution in [-0.2, 0) is 14.8 Å². The third kappa shape index (κ3) is 3.53. The molecule has 0 radical (unpaired) electrons. The number of carbonyl (C=O) groups excluding carboxylic acids is 1. The van der Waals surface area contributed by atoms with Crippen molar-refractivity contribution in [3.63, 3.8) is 0 Å². The fourth-order valence-electron chi connectivity index (χ4n) is 3.37. The highest BCUT2D eigenvalue weighted by Gasteiger charge is 2.33. The summed E-state index contributed by atoms with van der Waals surface area (Å²) in [4.78, 5) is 12.2. The summed E-state index contributed by atoms with van der Waals surface area (Å²) in [5, 5.41) is 5.91. The Labute approximate surface area is 162 Å². The van der Waals surface area contributed by atoms with Crippen LogP contribution in [0.1, 0.15) is 30.5 Å². The molecule has 2 heterocycles. The van der Waals surface area contributed by atoms with E-state index in [0.717, 1.165) is 11.8 Å². The Bertz CT molecular complexity index is 1080. The zero-order valence-electron chi connectivity index (χ0n) is 15.4. The van der Waals surface area contributed by atoms with Crippen molar-refractivity contribution >= 4 is 27.3 Å². The summed E-state index contributed by atoms with van der Waals surface area (Å²) in [6.45, 7) is 1.62. The molecular formula is C19H19N3O5S. The molecule has 0 bridgehead atoms. The highest BCUT2D eigenvalue weighted by molar-refractivity contribution is 7.92. The van der Waals surface area contributed by atoms with Gasteiger partial charge in [0.25, 0.3) is 0 Å². The summed E-state index contributed by atoms with van der Waals surface area (Å²) < 4.78 is 36.7. The molecule has 0 aromatic heterocycles. The first kappa shape index (κ1) is 18.3. The molecule has 1 amide bonds. The van der Waals surface area contributed by atoms with Crippen LogP contribution < -0.4 is 14.2 Å². The maximum atomic E-state index is 12.2. The van der Waals surface area contributed by atoms with E-state index in [2.05, 4.69) is 9.82 Å². The van der Waals surface area contributed by atoms with Gasteiger partial charge in [0.2, 0.25) is 22.7 Å². The van der Waals surface area contributed by atoms with E-state index in [9.17, 15) is 13.2 Å². The molecule has 28 heavy (non-hydrogen) atoms. The third-order valence-electron chi connectivity index (χ3n) is 4.55. The Morgan fingerprint density at radius 1 is 1.18 bits per heavy atom. The van der Waals surface area contributed by atoms with Gasteiger partial charge in [-0.3, -0.25) is 9.52 Å². The number of para-hydroxylation sites is 1. The number of rotatable bonds is 4. The number of nitrogens with one attached hydrogen (secondary N) is 1. The van der Waals surface area contributed by atoms with Crippen molar-refractivity contribution in [3.05, 3.63) is 53.6 Å². The first-order valence-corrected chi connectivity index (χ1v) is 10.5. The Morgan fingerprint density at radius 2 is 1.93 bits per heavy atom. The van der Waals surface area contributed by atoms with Gasteiger partial charge in [0.05, 0.1) is 23.7 Å². The van der Waals surface area contributed by atoms with E-state index in [1.54, 1.807) is 24.3 Å². The van der Waals surface area contributed by atoms with E-state index in [1.165, 1.54) is 11.9 Å². The minimum Gasteiger partial charge on any atom is -0.454 e. The number of nitrogens with zero attached hydrogens (tertiary/aromatic N) is 2. The first-order valence-electron chi connectivity index (χ1n) is 8.66. The van der Waals surface area contributed by atoms with Crippen LogP contribution in [0, 0.1) is 0 Å². The van der Waals surface area contributed by atoms with Crippen LogP contribution in [0.5, 0.6) is 11.5 Å². The lowest BCUT2D eigenvalue weighted by Gasteiger charge is -2.20. The molecule has 2 aromatic rings. The Morgan fingerprint density at radius 3 is 2.68 bits per heavy atom. The zero-order chi connectivity index (χ0) is 19.9. The Hall–Kier alpha value is -3.07. The fraction of sp³-hybridized carbons (Fsp3) is 0.263. The second-order valence-electron chi connectivity index (χ2n) is 6.66. The fourth-order valence-corrected chi connectivity index (χ4v) is 3.94. The molecule has 0 saturated carbocycles. The van der Waals surface area contributed by atoms with Crippen molar-refractivity contribution in [1.82, 2.24) is 5.01 Å². The highest BCUT2D eigenvalue weighted by atomic mass is 32.2. The van der Waals surface area contributed by atoms with Crippen molar-refractivity contribution < 1.29 is 22.7 Å². The van der Waals surface area contributed by atoms with Gasteiger partial charge >= 0.3 is 0 Å². The SMILES string of the molecule is CC(=O)N1N=C(c2ccccc2NS(C)(=O)=O)C[C@H]1c1ccc2c(c1)OCO2. The number of amides is 1. The smallest absolute Gasteiger partial charge is 0.240 e. The van der Waals surface area contributed by atoms with Gasteiger partial charge < -0.3 is 9.47 Å². The molecule has 4 rings (SSSR count). The molecule has 2 aliphatic heterocycles. The van der Waals surface area contributed by atoms with E-state index in [4.69, 9.17) is 9.47 Å². The molecule has 9 heteroatoms. The van der Waals surface area contributed by atoms with Gasteiger partial charge in [-0.15, -0.1) is 0 Å². The predicted octanol–water partition coefficient (Wildman–Crippen LogP) is 2.48. The molecule has 1 N–H and O–H groups in total. The topological polar surface area (TPSA) is 97.3 Å². The van der Waals surface area contributed by atoms with Gasteiger partial charge in [0.1, 0.15) is 0 Å². The van der Waals surface area contributed by atoms with Crippen molar-refractivity contribution in [2.24, 2.45) is 5.10 Å². The zero-order valence-corrected chi connectivity index (χ0v) is 16.2. The average molecular weight is 401 g/mol. The minimum atomic E-state index is -3.45. The normalized spacial score (nSPS) is 18.1. The number of fused-ring (bicyclic) bond motifs is 1. The van der Waals surface area contributed by atoms with Gasteiger partial charge in [-0.1, -0.05) is 24.3 Å². The quantitative estimate of drug-likeness (QED) is 0.849. The second-order valence-corrected chi connectivity index (χ2v) is 8.41. The lowest BCUT2D eigenvalue weighted by atomic mass is 9.97.